The van der Waals surface area contributed by atoms with E-state index in [0.717, 1.165) is 11.1 Å². The van der Waals surface area contributed by atoms with Crippen molar-refractivity contribution in [1.29, 1.82) is 0 Å². The van der Waals surface area contributed by atoms with Gasteiger partial charge in [0.1, 0.15) is 0 Å². The van der Waals surface area contributed by atoms with E-state index in [2.05, 4.69) is 9.97 Å². The van der Waals surface area contributed by atoms with Gasteiger partial charge in [-0.3, -0.25) is 9.97 Å². The summed E-state index contributed by atoms with van der Waals surface area (Å²) >= 11 is 0. The molecule has 0 aliphatic rings. The summed E-state index contributed by atoms with van der Waals surface area (Å²) in [7, 11) is 0. The zero-order valence-corrected chi connectivity index (χ0v) is 8.82. The molecule has 0 aromatic carbocycles. The first-order valence-corrected chi connectivity index (χ1v) is 5.10. The van der Waals surface area contributed by atoms with Crippen LogP contribution in [0.1, 0.15) is 23.2 Å². The van der Waals surface area contributed by atoms with Crippen molar-refractivity contribution in [1.82, 2.24) is 9.97 Å². The lowest BCUT2D eigenvalue weighted by atomic mass is 9.97. The molecule has 0 aliphatic carbocycles. The van der Waals surface area contributed by atoms with E-state index in [1.54, 1.807) is 24.8 Å². The monoisotopic (exact) mass is 214 g/mol. The van der Waals surface area contributed by atoms with Gasteiger partial charge in [0.05, 0.1) is 12.1 Å². The number of aromatic nitrogens is 2. The van der Waals surface area contributed by atoms with E-state index in [9.17, 15) is 0 Å². The molecule has 4 nitrogen and oxygen atoms in total. The highest BCUT2D eigenvalue weighted by Gasteiger charge is 2.17. The minimum atomic E-state index is -0.266. The number of pyridine rings is 2. The van der Waals surface area contributed by atoms with Gasteiger partial charge >= 0.3 is 0 Å². The molecule has 4 N–H and O–H groups in total. The highest BCUT2D eigenvalue weighted by atomic mass is 14.8. The first-order chi connectivity index (χ1) is 7.79. The van der Waals surface area contributed by atoms with Gasteiger partial charge in [0.2, 0.25) is 0 Å². The molecule has 4 heteroatoms. The number of nitrogens with two attached hydrogens (primary N) is 2. The Morgan fingerprint density at radius 3 is 1.56 bits per heavy atom. The topological polar surface area (TPSA) is 77.8 Å². The second-order valence-electron chi connectivity index (χ2n) is 3.62. The summed E-state index contributed by atoms with van der Waals surface area (Å²) in [5.41, 5.74) is 14.0. The standard InChI is InChI=1S/C12H14N4/c13-11(9-3-1-5-15-7-9)12(14)10-4-2-6-16-8-10/h1-8,11-12H,13-14H2/t11-,12-/m1/s1. The fourth-order valence-electron chi connectivity index (χ4n) is 1.56. The minimum Gasteiger partial charge on any atom is -0.322 e. The zero-order valence-electron chi connectivity index (χ0n) is 8.82. The van der Waals surface area contributed by atoms with Crippen LogP contribution < -0.4 is 11.5 Å². The Hall–Kier alpha value is -1.78. The molecule has 0 fully saturated rings. The first-order valence-electron chi connectivity index (χ1n) is 5.10. The lowest BCUT2D eigenvalue weighted by Gasteiger charge is -2.19. The Morgan fingerprint density at radius 1 is 0.812 bits per heavy atom. The fraction of sp³-hybridized carbons (Fsp3) is 0.167. The Bertz CT molecular complexity index is 386. The summed E-state index contributed by atoms with van der Waals surface area (Å²) in [4.78, 5) is 8.06. The number of rotatable bonds is 3. The summed E-state index contributed by atoms with van der Waals surface area (Å²) in [6.45, 7) is 0. The molecule has 0 amide bonds. The lowest BCUT2D eigenvalue weighted by molar-refractivity contribution is 0.571. The molecule has 2 rings (SSSR count). The predicted octanol–water partition coefficient (Wildman–Crippen LogP) is 1.18. The molecular weight excluding hydrogens is 200 g/mol. The SMILES string of the molecule is N[C@H](c1cccnc1)[C@H](N)c1cccnc1. The first kappa shape index (κ1) is 10.7. The van der Waals surface area contributed by atoms with Crippen molar-refractivity contribution in [2.75, 3.05) is 0 Å². The number of nitrogens with zero attached hydrogens (tertiary/aromatic N) is 2. The number of hydrogen-bond donors (Lipinski definition) is 2. The maximum Gasteiger partial charge on any atom is 0.0507 e. The molecule has 82 valence electrons. The maximum atomic E-state index is 6.08. The van der Waals surface area contributed by atoms with Crippen LogP contribution in [0.4, 0.5) is 0 Å². The van der Waals surface area contributed by atoms with Crippen LogP contribution in [0.25, 0.3) is 0 Å². The van der Waals surface area contributed by atoms with Crippen molar-refractivity contribution in [2.24, 2.45) is 11.5 Å². The third kappa shape index (κ3) is 2.24. The quantitative estimate of drug-likeness (QED) is 0.804. The number of hydrogen-bond acceptors (Lipinski definition) is 4. The van der Waals surface area contributed by atoms with Crippen molar-refractivity contribution in [2.45, 2.75) is 12.1 Å². The predicted molar refractivity (Wildman–Crippen MR) is 62.3 cm³/mol. The Kier molecular flexibility index (Phi) is 3.24. The zero-order chi connectivity index (χ0) is 11.4. The van der Waals surface area contributed by atoms with Crippen molar-refractivity contribution >= 4 is 0 Å². The van der Waals surface area contributed by atoms with E-state index in [1.807, 2.05) is 24.3 Å². The maximum absolute atomic E-state index is 6.08. The van der Waals surface area contributed by atoms with Crippen molar-refractivity contribution in [3.8, 4) is 0 Å². The highest BCUT2D eigenvalue weighted by molar-refractivity contribution is 5.22. The van der Waals surface area contributed by atoms with Gasteiger partial charge < -0.3 is 11.5 Å². The summed E-state index contributed by atoms with van der Waals surface area (Å²) < 4.78 is 0. The lowest BCUT2D eigenvalue weighted by Crippen LogP contribution is -2.26. The van der Waals surface area contributed by atoms with E-state index < -0.39 is 0 Å². The molecule has 0 saturated heterocycles. The van der Waals surface area contributed by atoms with Crippen LogP contribution in [-0.2, 0) is 0 Å². The van der Waals surface area contributed by atoms with Crippen molar-refractivity contribution < 1.29 is 0 Å². The van der Waals surface area contributed by atoms with E-state index >= 15 is 0 Å². The molecule has 0 unspecified atom stereocenters. The second-order valence-corrected chi connectivity index (χ2v) is 3.62. The van der Waals surface area contributed by atoms with Gasteiger partial charge in [-0.15, -0.1) is 0 Å². The van der Waals surface area contributed by atoms with Crippen LogP contribution >= 0.6 is 0 Å². The summed E-state index contributed by atoms with van der Waals surface area (Å²) in [5.74, 6) is 0. The van der Waals surface area contributed by atoms with Gasteiger partial charge in [-0.25, -0.2) is 0 Å². The largest absolute Gasteiger partial charge is 0.322 e. The summed E-state index contributed by atoms with van der Waals surface area (Å²) in [5, 5.41) is 0. The molecular formula is C12H14N4. The third-order valence-electron chi connectivity index (χ3n) is 2.53. The molecule has 16 heavy (non-hydrogen) atoms. The summed E-state index contributed by atoms with van der Waals surface area (Å²) in [6.07, 6.45) is 6.90. The van der Waals surface area contributed by atoms with Crippen LogP contribution in [0, 0.1) is 0 Å². The Balaban J connectivity index is 2.20. The third-order valence-corrected chi connectivity index (χ3v) is 2.53. The van der Waals surface area contributed by atoms with E-state index in [4.69, 9.17) is 11.5 Å². The van der Waals surface area contributed by atoms with Crippen LogP contribution in [0.2, 0.25) is 0 Å². The van der Waals surface area contributed by atoms with Crippen molar-refractivity contribution in [3.63, 3.8) is 0 Å². The van der Waals surface area contributed by atoms with Gasteiger partial charge in [-0.2, -0.15) is 0 Å². The van der Waals surface area contributed by atoms with Gasteiger partial charge in [0.25, 0.3) is 0 Å². The summed E-state index contributed by atoms with van der Waals surface area (Å²) in [6, 6.07) is 7.02. The van der Waals surface area contributed by atoms with Crippen LogP contribution in [0.5, 0.6) is 0 Å². The molecule has 0 saturated carbocycles. The van der Waals surface area contributed by atoms with E-state index in [1.165, 1.54) is 0 Å². The second kappa shape index (κ2) is 4.83. The van der Waals surface area contributed by atoms with E-state index in [-0.39, 0.29) is 12.1 Å². The van der Waals surface area contributed by atoms with Crippen LogP contribution in [0.15, 0.2) is 49.1 Å². The average molecular weight is 214 g/mol. The molecule has 0 bridgehead atoms. The molecule has 2 heterocycles. The Labute approximate surface area is 94.3 Å². The molecule has 0 spiro atoms. The van der Waals surface area contributed by atoms with Gasteiger partial charge in [-0.1, -0.05) is 12.1 Å². The minimum absolute atomic E-state index is 0.266. The average Bonchev–Trinajstić information content (AvgIpc) is 2.39. The molecule has 0 aliphatic heterocycles. The molecule has 0 radical (unpaired) electrons. The van der Waals surface area contributed by atoms with Crippen LogP contribution in [-0.4, -0.2) is 9.97 Å². The Morgan fingerprint density at radius 2 is 1.25 bits per heavy atom. The van der Waals surface area contributed by atoms with Crippen LogP contribution in [0.3, 0.4) is 0 Å². The molecule has 2 aromatic rings. The molecule has 2 aromatic heterocycles. The smallest absolute Gasteiger partial charge is 0.0507 e. The fourth-order valence-corrected chi connectivity index (χ4v) is 1.56. The van der Waals surface area contributed by atoms with Gasteiger partial charge in [-0.05, 0) is 23.3 Å². The normalized spacial score (nSPS) is 14.4. The van der Waals surface area contributed by atoms with E-state index in [0.29, 0.717) is 0 Å². The highest BCUT2D eigenvalue weighted by Crippen LogP contribution is 2.22. The van der Waals surface area contributed by atoms with Gasteiger partial charge in [0.15, 0.2) is 0 Å². The molecule has 2 atom stereocenters. The van der Waals surface area contributed by atoms with Gasteiger partial charge in [0, 0.05) is 24.8 Å². The van der Waals surface area contributed by atoms with Crippen molar-refractivity contribution in [3.05, 3.63) is 60.2 Å².